The summed E-state index contributed by atoms with van der Waals surface area (Å²) in [5, 5.41) is 0. The van der Waals surface area contributed by atoms with Gasteiger partial charge < -0.3 is 14.5 Å². The van der Waals surface area contributed by atoms with Crippen LogP contribution in [0.3, 0.4) is 0 Å². The molecule has 6 heteroatoms. The fourth-order valence-corrected chi connectivity index (χ4v) is 3.19. The Morgan fingerprint density at radius 1 is 1.08 bits per heavy atom. The van der Waals surface area contributed by atoms with Crippen molar-refractivity contribution in [3.63, 3.8) is 0 Å². The summed E-state index contributed by atoms with van der Waals surface area (Å²) in [6.45, 7) is 9.67. The number of hydrogen-bond donors (Lipinski definition) is 0. The molecule has 2 amide bonds. The zero-order valence-corrected chi connectivity index (χ0v) is 16.1. The van der Waals surface area contributed by atoms with E-state index in [0.717, 1.165) is 12.8 Å². The van der Waals surface area contributed by atoms with Gasteiger partial charge >= 0.3 is 0 Å². The number of amides is 2. The normalized spacial score (nSPS) is 14.9. The van der Waals surface area contributed by atoms with Crippen LogP contribution in [-0.4, -0.2) is 53.9 Å². The van der Waals surface area contributed by atoms with Gasteiger partial charge in [-0.1, -0.05) is 13.8 Å². The van der Waals surface area contributed by atoms with E-state index in [0.29, 0.717) is 31.7 Å². The summed E-state index contributed by atoms with van der Waals surface area (Å²) >= 11 is 0. The van der Waals surface area contributed by atoms with Crippen LogP contribution >= 0.6 is 0 Å². The summed E-state index contributed by atoms with van der Waals surface area (Å²) in [7, 11) is 0. The summed E-state index contributed by atoms with van der Waals surface area (Å²) in [6, 6.07) is 4.31. The summed E-state index contributed by atoms with van der Waals surface area (Å²) in [5.74, 6) is -0.373. The van der Waals surface area contributed by atoms with Crippen molar-refractivity contribution in [3.05, 3.63) is 29.6 Å². The minimum Gasteiger partial charge on any atom is -0.488 e. The molecule has 1 aliphatic heterocycles. The Kier molecular flexibility index (Phi) is 7.00. The van der Waals surface area contributed by atoms with E-state index in [1.54, 1.807) is 11.0 Å². The molecule has 2 rings (SSSR count). The van der Waals surface area contributed by atoms with Crippen LogP contribution < -0.4 is 4.74 Å². The van der Waals surface area contributed by atoms with Crippen molar-refractivity contribution in [2.45, 2.75) is 46.6 Å². The van der Waals surface area contributed by atoms with Crippen molar-refractivity contribution in [2.75, 3.05) is 26.2 Å². The Hall–Kier alpha value is -2.11. The minimum absolute atomic E-state index is 0.0554. The van der Waals surface area contributed by atoms with Crippen LogP contribution in [-0.2, 0) is 4.79 Å². The van der Waals surface area contributed by atoms with E-state index in [1.165, 1.54) is 12.1 Å². The van der Waals surface area contributed by atoms with Crippen LogP contribution in [0.1, 0.15) is 50.9 Å². The third-order valence-corrected chi connectivity index (χ3v) is 4.75. The van der Waals surface area contributed by atoms with Gasteiger partial charge in [-0.2, -0.15) is 0 Å². The molecule has 1 aromatic rings. The fourth-order valence-electron chi connectivity index (χ4n) is 3.19. The number of carbonyl (C=O) groups is 2. The van der Waals surface area contributed by atoms with Crippen LogP contribution in [0.2, 0.25) is 0 Å². The van der Waals surface area contributed by atoms with Gasteiger partial charge in [0.25, 0.3) is 5.91 Å². The first kappa shape index (κ1) is 20.2. The summed E-state index contributed by atoms with van der Waals surface area (Å²) in [6.07, 6.45) is 1.53. The van der Waals surface area contributed by atoms with E-state index in [9.17, 15) is 14.0 Å². The number of halogens is 1. The fraction of sp³-hybridized carbons (Fsp3) is 0.600. The number of carbonyl (C=O) groups excluding carboxylic acids is 2. The highest BCUT2D eigenvalue weighted by atomic mass is 19.1. The van der Waals surface area contributed by atoms with Crippen LogP contribution in [0, 0.1) is 11.7 Å². The van der Waals surface area contributed by atoms with Gasteiger partial charge in [0.2, 0.25) is 5.91 Å². The molecule has 5 nitrogen and oxygen atoms in total. The van der Waals surface area contributed by atoms with Gasteiger partial charge in [0.15, 0.2) is 11.6 Å². The molecule has 1 aliphatic rings. The standard InChI is InChI=1S/C20H29FN2O3/c1-5-15(6-2)19(24)22-9-11-23(12-10-22)20(25)16-7-8-18(17(21)13-16)26-14(3)4/h7-8,13-15H,5-6,9-12H2,1-4H3. The average molecular weight is 364 g/mol. The number of ether oxygens (including phenoxy) is 1. The van der Waals surface area contributed by atoms with Gasteiger partial charge in [0.1, 0.15) is 0 Å². The molecule has 0 unspecified atom stereocenters. The van der Waals surface area contributed by atoms with Gasteiger partial charge in [-0.05, 0) is 44.9 Å². The molecule has 144 valence electrons. The van der Waals surface area contributed by atoms with Crippen molar-refractivity contribution >= 4 is 11.8 Å². The third kappa shape index (κ3) is 4.74. The van der Waals surface area contributed by atoms with E-state index < -0.39 is 5.82 Å². The lowest BCUT2D eigenvalue weighted by atomic mass is 10.0. The monoisotopic (exact) mass is 364 g/mol. The largest absolute Gasteiger partial charge is 0.488 e. The van der Waals surface area contributed by atoms with Crippen LogP contribution in [0.15, 0.2) is 18.2 Å². The summed E-state index contributed by atoms with van der Waals surface area (Å²) < 4.78 is 19.5. The highest BCUT2D eigenvalue weighted by Gasteiger charge is 2.28. The van der Waals surface area contributed by atoms with Crippen LogP contribution in [0.4, 0.5) is 4.39 Å². The first-order chi connectivity index (χ1) is 12.4. The number of nitrogens with zero attached hydrogens (tertiary/aromatic N) is 2. The van der Waals surface area contributed by atoms with E-state index in [4.69, 9.17) is 4.74 Å². The zero-order valence-electron chi connectivity index (χ0n) is 16.1. The molecular weight excluding hydrogens is 335 g/mol. The van der Waals surface area contributed by atoms with E-state index in [2.05, 4.69) is 0 Å². The smallest absolute Gasteiger partial charge is 0.254 e. The van der Waals surface area contributed by atoms with Gasteiger partial charge in [-0.25, -0.2) is 4.39 Å². The van der Waals surface area contributed by atoms with Crippen molar-refractivity contribution in [3.8, 4) is 5.75 Å². The van der Waals surface area contributed by atoms with Gasteiger partial charge in [0, 0.05) is 37.7 Å². The maximum atomic E-state index is 14.1. The molecular formula is C20H29FN2O3. The molecule has 1 heterocycles. The predicted molar refractivity (Wildman–Crippen MR) is 98.7 cm³/mol. The van der Waals surface area contributed by atoms with E-state index in [1.807, 2.05) is 32.6 Å². The number of benzene rings is 1. The number of rotatable bonds is 6. The second-order valence-electron chi connectivity index (χ2n) is 6.94. The lowest BCUT2D eigenvalue weighted by Crippen LogP contribution is -2.51. The second-order valence-corrected chi connectivity index (χ2v) is 6.94. The van der Waals surface area contributed by atoms with Gasteiger partial charge in [-0.15, -0.1) is 0 Å². The quantitative estimate of drug-likeness (QED) is 0.778. The molecule has 0 bridgehead atoms. The van der Waals surface area contributed by atoms with Gasteiger partial charge in [-0.3, -0.25) is 9.59 Å². The Labute approximate surface area is 155 Å². The Morgan fingerprint density at radius 3 is 2.15 bits per heavy atom. The first-order valence-corrected chi connectivity index (χ1v) is 9.41. The molecule has 0 aromatic heterocycles. The molecule has 1 aromatic carbocycles. The highest BCUT2D eigenvalue weighted by Crippen LogP contribution is 2.21. The molecule has 0 N–H and O–H groups in total. The van der Waals surface area contributed by atoms with Crippen molar-refractivity contribution in [2.24, 2.45) is 5.92 Å². The molecule has 0 atom stereocenters. The minimum atomic E-state index is -0.535. The summed E-state index contributed by atoms with van der Waals surface area (Å²) in [5.41, 5.74) is 0.304. The van der Waals surface area contributed by atoms with Crippen LogP contribution in [0.25, 0.3) is 0 Å². The highest BCUT2D eigenvalue weighted by molar-refractivity contribution is 5.94. The molecule has 1 saturated heterocycles. The topological polar surface area (TPSA) is 49.9 Å². The van der Waals surface area contributed by atoms with Crippen molar-refractivity contribution in [1.82, 2.24) is 9.80 Å². The predicted octanol–water partition coefficient (Wildman–Crippen LogP) is 3.33. The van der Waals surface area contributed by atoms with E-state index >= 15 is 0 Å². The van der Waals surface area contributed by atoms with Crippen LogP contribution in [0.5, 0.6) is 5.75 Å². The molecule has 1 fully saturated rings. The molecule has 26 heavy (non-hydrogen) atoms. The molecule has 0 radical (unpaired) electrons. The second kappa shape index (κ2) is 9.01. The average Bonchev–Trinajstić information content (AvgIpc) is 2.63. The Balaban J connectivity index is 1.98. The van der Waals surface area contributed by atoms with E-state index in [-0.39, 0.29) is 29.6 Å². The van der Waals surface area contributed by atoms with Crippen molar-refractivity contribution < 1.29 is 18.7 Å². The Morgan fingerprint density at radius 2 is 1.65 bits per heavy atom. The maximum Gasteiger partial charge on any atom is 0.254 e. The lowest BCUT2D eigenvalue weighted by molar-refractivity contribution is -0.137. The third-order valence-electron chi connectivity index (χ3n) is 4.75. The Bertz CT molecular complexity index is 636. The number of hydrogen-bond acceptors (Lipinski definition) is 3. The lowest BCUT2D eigenvalue weighted by Gasteiger charge is -2.36. The maximum absolute atomic E-state index is 14.1. The zero-order chi connectivity index (χ0) is 19.3. The number of piperazine rings is 1. The molecule has 0 saturated carbocycles. The van der Waals surface area contributed by atoms with Crippen molar-refractivity contribution in [1.29, 1.82) is 0 Å². The SMILES string of the molecule is CCC(CC)C(=O)N1CCN(C(=O)c2ccc(OC(C)C)c(F)c2)CC1. The summed E-state index contributed by atoms with van der Waals surface area (Å²) in [4.78, 5) is 28.6. The first-order valence-electron chi connectivity index (χ1n) is 9.41. The molecule has 0 aliphatic carbocycles. The molecule has 0 spiro atoms. The van der Waals surface area contributed by atoms with Gasteiger partial charge in [0.05, 0.1) is 6.10 Å².